The van der Waals surface area contributed by atoms with Crippen LogP contribution in [0.15, 0.2) is 24.3 Å². The molecule has 1 aromatic rings. The van der Waals surface area contributed by atoms with Crippen LogP contribution in [0.1, 0.15) is 31.2 Å². The first kappa shape index (κ1) is 17.1. The summed E-state index contributed by atoms with van der Waals surface area (Å²) in [4.78, 5) is 14.4. The van der Waals surface area contributed by atoms with Crippen molar-refractivity contribution in [2.24, 2.45) is 5.41 Å². The minimum Gasteiger partial charge on any atom is -0.497 e. The number of hydrogen-bond donors (Lipinski definition) is 2. The van der Waals surface area contributed by atoms with E-state index in [0.29, 0.717) is 5.41 Å². The van der Waals surface area contributed by atoms with E-state index < -0.39 is 0 Å². The number of benzene rings is 1. The van der Waals surface area contributed by atoms with E-state index in [1.807, 2.05) is 17.0 Å². The summed E-state index contributed by atoms with van der Waals surface area (Å²) in [6.45, 7) is 4.69. The van der Waals surface area contributed by atoms with Gasteiger partial charge < -0.3 is 20.3 Å². The van der Waals surface area contributed by atoms with Gasteiger partial charge in [-0.1, -0.05) is 12.1 Å². The minimum atomic E-state index is 0.107. The van der Waals surface area contributed by atoms with Crippen LogP contribution in [-0.4, -0.2) is 50.8 Å². The molecule has 2 heterocycles. The Morgan fingerprint density at radius 1 is 1.33 bits per heavy atom. The Hall–Kier alpha value is -1.75. The number of rotatable bonds is 5. The highest BCUT2D eigenvalue weighted by Crippen LogP contribution is 2.35. The van der Waals surface area contributed by atoms with Crippen LogP contribution in [0.25, 0.3) is 0 Å². The summed E-state index contributed by atoms with van der Waals surface area (Å²) in [7, 11) is 1.68. The van der Waals surface area contributed by atoms with Gasteiger partial charge in [0.1, 0.15) is 5.75 Å². The number of ether oxygens (including phenoxy) is 1. The van der Waals surface area contributed by atoms with E-state index in [-0.39, 0.29) is 6.03 Å². The van der Waals surface area contributed by atoms with Gasteiger partial charge in [0.05, 0.1) is 7.11 Å². The Morgan fingerprint density at radius 2 is 2.17 bits per heavy atom. The lowest BCUT2D eigenvalue weighted by Crippen LogP contribution is -2.50. The van der Waals surface area contributed by atoms with Crippen LogP contribution in [0.5, 0.6) is 5.75 Å². The molecule has 1 atom stereocenters. The first-order valence-corrected chi connectivity index (χ1v) is 9.07. The highest BCUT2D eigenvalue weighted by atomic mass is 16.5. The zero-order valence-corrected chi connectivity index (χ0v) is 14.6. The molecule has 2 aliphatic rings. The fourth-order valence-electron chi connectivity index (χ4n) is 3.92. The predicted molar refractivity (Wildman–Crippen MR) is 95.4 cm³/mol. The standard InChI is InChI=1S/C19H29N3O2/c1-24-17-7-5-16(6-8-17)4-2-11-21-18(23)22-13-3-9-19(15-22)10-12-20-14-19/h5-8,20H,2-4,9-15H2,1H3,(H,21,23). The van der Waals surface area contributed by atoms with Gasteiger partial charge in [-0.2, -0.15) is 0 Å². The quantitative estimate of drug-likeness (QED) is 0.815. The molecule has 2 amide bonds. The van der Waals surface area contributed by atoms with Gasteiger partial charge in [-0.25, -0.2) is 4.79 Å². The fraction of sp³-hybridized carbons (Fsp3) is 0.632. The molecule has 2 aliphatic heterocycles. The number of amides is 2. The van der Waals surface area contributed by atoms with Crippen molar-refractivity contribution in [3.05, 3.63) is 29.8 Å². The van der Waals surface area contributed by atoms with Crippen LogP contribution >= 0.6 is 0 Å². The van der Waals surface area contributed by atoms with Crippen LogP contribution in [0, 0.1) is 5.41 Å². The number of aryl methyl sites for hydroxylation is 1. The molecular formula is C19H29N3O2. The number of piperidine rings is 1. The monoisotopic (exact) mass is 331 g/mol. The fourth-order valence-corrected chi connectivity index (χ4v) is 3.92. The summed E-state index contributed by atoms with van der Waals surface area (Å²) in [5.41, 5.74) is 1.61. The van der Waals surface area contributed by atoms with E-state index in [2.05, 4.69) is 22.8 Å². The Balaban J connectivity index is 1.39. The Kier molecular flexibility index (Phi) is 5.61. The van der Waals surface area contributed by atoms with E-state index in [0.717, 1.165) is 57.7 Å². The molecule has 2 fully saturated rings. The molecule has 1 spiro atoms. The van der Waals surface area contributed by atoms with Crippen LogP contribution in [0.2, 0.25) is 0 Å². The molecule has 2 N–H and O–H groups in total. The minimum absolute atomic E-state index is 0.107. The molecule has 5 nitrogen and oxygen atoms in total. The van der Waals surface area contributed by atoms with Gasteiger partial charge in [-0.05, 0) is 56.3 Å². The number of hydrogen-bond acceptors (Lipinski definition) is 3. The Morgan fingerprint density at radius 3 is 2.88 bits per heavy atom. The number of nitrogens with zero attached hydrogens (tertiary/aromatic N) is 1. The second kappa shape index (κ2) is 7.88. The smallest absolute Gasteiger partial charge is 0.317 e. The van der Waals surface area contributed by atoms with Gasteiger partial charge in [-0.15, -0.1) is 0 Å². The number of nitrogens with one attached hydrogen (secondary N) is 2. The Bertz CT molecular complexity index is 538. The number of carbonyl (C=O) groups is 1. The van der Waals surface area contributed by atoms with Gasteiger partial charge in [0, 0.05) is 31.6 Å². The van der Waals surface area contributed by atoms with Crippen molar-refractivity contribution in [3.63, 3.8) is 0 Å². The van der Waals surface area contributed by atoms with Gasteiger partial charge in [-0.3, -0.25) is 0 Å². The maximum atomic E-state index is 12.4. The first-order valence-electron chi connectivity index (χ1n) is 9.07. The summed E-state index contributed by atoms with van der Waals surface area (Å²) in [5, 5.41) is 6.55. The van der Waals surface area contributed by atoms with Crippen LogP contribution < -0.4 is 15.4 Å². The molecule has 3 rings (SSSR count). The lowest BCUT2D eigenvalue weighted by molar-refractivity contribution is 0.118. The predicted octanol–water partition coefficient (Wildman–Crippen LogP) is 2.41. The van der Waals surface area contributed by atoms with Gasteiger partial charge in [0.2, 0.25) is 0 Å². The third kappa shape index (κ3) is 4.20. The van der Waals surface area contributed by atoms with Crippen molar-refractivity contribution in [2.45, 2.75) is 32.1 Å². The molecular weight excluding hydrogens is 302 g/mol. The van der Waals surface area contributed by atoms with E-state index in [4.69, 9.17) is 4.74 Å². The highest BCUT2D eigenvalue weighted by molar-refractivity contribution is 5.74. The van der Waals surface area contributed by atoms with E-state index in [1.165, 1.54) is 18.4 Å². The molecule has 0 saturated carbocycles. The van der Waals surface area contributed by atoms with Crippen molar-refractivity contribution >= 4 is 6.03 Å². The molecule has 0 bridgehead atoms. The highest BCUT2D eigenvalue weighted by Gasteiger charge is 2.39. The SMILES string of the molecule is COc1ccc(CCCNC(=O)N2CCCC3(CCNC3)C2)cc1. The van der Waals surface area contributed by atoms with Crippen molar-refractivity contribution in [1.29, 1.82) is 0 Å². The molecule has 0 radical (unpaired) electrons. The third-order valence-electron chi connectivity index (χ3n) is 5.36. The average Bonchev–Trinajstić information content (AvgIpc) is 3.06. The van der Waals surface area contributed by atoms with Crippen LogP contribution in [0.4, 0.5) is 4.79 Å². The van der Waals surface area contributed by atoms with Gasteiger partial charge in [0.25, 0.3) is 0 Å². The maximum Gasteiger partial charge on any atom is 0.317 e. The van der Waals surface area contributed by atoms with E-state index >= 15 is 0 Å². The van der Waals surface area contributed by atoms with Crippen LogP contribution in [0.3, 0.4) is 0 Å². The second-order valence-electron chi connectivity index (χ2n) is 7.14. The summed E-state index contributed by atoms with van der Waals surface area (Å²) in [6, 6.07) is 8.24. The molecule has 1 aromatic carbocycles. The largest absolute Gasteiger partial charge is 0.497 e. The molecule has 132 valence electrons. The first-order chi connectivity index (χ1) is 11.7. The van der Waals surface area contributed by atoms with Crippen molar-refractivity contribution < 1.29 is 9.53 Å². The van der Waals surface area contributed by atoms with Crippen molar-refractivity contribution in [3.8, 4) is 5.75 Å². The normalized spacial score (nSPS) is 23.5. The van der Waals surface area contributed by atoms with Crippen molar-refractivity contribution in [2.75, 3.05) is 39.8 Å². The maximum absolute atomic E-state index is 12.4. The van der Waals surface area contributed by atoms with Gasteiger partial charge >= 0.3 is 6.03 Å². The zero-order valence-electron chi connectivity index (χ0n) is 14.6. The molecule has 0 aliphatic carbocycles. The average molecular weight is 331 g/mol. The summed E-state index contributed by atoms with van der Waals surface area (Å²) in [6.07, 6.45) is 5.51. The zero-order chi connectivity index (χ0) is 16.8. The topological polar surface area (TPSA) is 53.6 Å². The van der Waals surface area contributed by atoms with E-state index in [9.17, 15) is 4.79 Å². The molecule has 0 aromatic heterocycles. The lowest BCUT2D eigenvalue weighted by atomic mass is 9.79. The van der Waals surface area contributed by atoms with E-state index in [1.54, 1.807) is 7.11 Å². The lowest BCUT2D eigenvalue weighted by Gasteiger charge is -2.39. The summed E-state index contributed by atoms with van der Waals surface area (Å²) >= 11 is 0. The number of urea groups is 1. The van der Waals surface area contributed by atoms with Crippen LogP contribution in [-0.2, 0) is 6.42 Å². The van der Waals surface area contributed by atoms with Gasteiger partial charge in [0.15, 0.2) is 0 Å². The second-order valence-corrected chi connectivity index (χ2v) is 7.14. The number of likely N-dealkylation sites (tertiary alicyclic amines) is 1. The molecule has 5 heteroatoms. The van der Waals surface area contributed by atoms with Crippen molar-refractivity contribution in [1.82, 2.24) is 15.5 Å². The summed E-state index contributed by atoms with van der Waals surface area (Å²) < 4.78 is 5.17. The molecule has 24 heavy (non-hydrogen) atoms. The summed E-state index contributed by atoms with van der Waals surface area (Å²) in [5.74, 6) is 0.882. The Labute approximate surface area is 144 Å². The molecule has 1 unspecified atom stereocenters. The number of carbonyl (C=O) groups excluding carboxylic acids is 1. The number of methoxy groups -OCH3 is 1. The molecule has 2 saturated heterocycles. The third-order valence-corrected chi connectivity index (χ3v) is 5.36.